The number of hydrogen-bond acceptors (Lipinski definition) is 5. The number of halogens is 1. The minimum atomic E-state index is -0.558. The first-order chi connectivity index (χ1) is 9.47. The van der Waals surface area contributed by atoms with Gasteiger partial charge < -0.3 is 4.74 Å². The summed E-state index contributed by atoms with van der Waals surface area (Å²) < 4.78 is 17.8. The van der Waals surface area contributed by atoms with Crippen molar-refractivity contribution >= 4 is 11.7 Å². The molecule has 0 unspecified atom stereocenters. The van der Waals surface area contributed by atoms with Crippen molar-refractivity contribution in [3.63, 3.8) is 0 Å². The van der Waals surface area contributed by atoms with Gasteiger partial charge in [-0.3, -0.25) is 19.8 Å². The molecule has 0 aliphatic rings. The van der Waals surface area contributed by atoms with Crippen molar-refractivity contribution in [2.75, 3.05) is 20.2 Å². The molecule has 0 aliphatic carbocycles. The summed E-state index contributed by atoms with van der Waals surface area (Å²) in [5.74, 6) is -0.974. The molecular weight excluding hydrogens is 267 g/mol. The Labute approximate surface area is 116 Å². The lowest BCUT2D eigenvalue weighted by Gasteiger charge is -2.20. The lowest BCUT2D eigenvalue weighted by Crippen LogP contribution is -2.31. The average Bonchev–Trinajstić information content (AvgIpc) is 2.38. The zero-order valence-electron chi connectivity index (χ0n) is 11.5. The first kappa shape index (κ1) is 16.0. The van der Waals surface area contributed by atoms with E-state index in [-0.39, 0.29) is 24.3 Å². The molecule has 0 heterocycles. The second-order valence-electron chi connectivity index (χ2n) is 4.32. The molecule has 0 aromatic heterocycles. The van der Waals surface area contributed by atoms with Crippen LogP contribution in [0.25, 0.3) is 0 Å². The van der Waals surface area contributed by atoms with E-state index in [1.807, 2.05) is 6.92 Å². The van der Waals surface area contributed by atoms with E-state index in [0.717, 1.165) is 24.6 Å². The summed E-state index contributed by atoms with van der Waals surface area (Å²) in [6, 6.07) is 3.30. The van der Waals surface area contributed by atoms with Gasteiger partial charge in [-0.2, -0.15) is 0 Å². The van der Waals surface area contributed by atoms with Crippen LogP contribution in [0.15, 0.2) is 18.2 Å². The van der Waals surface area contributed by atoms with Gasteiger partial charge in [-0.25, -0.2) is 4.39 Å². The van der Waals surface area contributed by atoms with Crippen molar-refractivity contribution < 1.29 is 18.8 Å². The lowest BCUT2D eigenvalue weighted by atomic mass is 10.1. The number of nitrogens with zero attached hydrogens (tertiary/aromatic N) is 2. The summed E-state index contributed by atoms with van der Waals surface area (Å²) in [6.07, 6.45) is 0.764. The summed E-state index contributed by atoms with van der Waals surface area (Å²) in [4.78, 5) is 23.4. The van der Waals surface area contributed by atoms with Crippen LogP contribution in [0.5, 0.6) is 0 Å². The van der Waals surface area contributed by atoms with Crippen LogP contribution in [0.1, 0.15) is 18.9 Å². The van der Waals surface area contributed by atoms with Gasteiger partial charge in [-0.15, -0.1) is 0 Å². The van der Waals surface area contributed by atoms with E-state index in [9.17, 15) is 19.3 Å². The molecule has 0 fully saturated rings. The van der Waals surface area contributed by atoms with Crippen LogP contribution >= 0.6 is 0 Å². The molecule has 0 radical (unpaired) electrons. The standard InChI is InChI=1S/C13H17FN2O4/c1-3-6-15(9-13(17)20-2)8-10-7-11(14)4-5-12(10)16(18)19/h4-5,7H,3,6,8-9H2,1-2H3. The molecule has 0 saturated heterocycles. The molecule has 0 amide bonds. The van der Waals surface area contributed by atoms with Gasteiger partial charge in [0, 0.05) is 18.2 Å². The maximum atomic E-state index is 13.2. The van der Waals surface area contributed by atoms with Crippen molar-refractivity contribution in [2.45, 2.75) is 19.9 Å². The number of ether oxygens (including phenoxy) is 1. The highest BCUT2D eigenvalue weighted by Crippen LogP contribution is 2.21. The van der Waals surface area contributed by atoms with E-state index >= 15 is 0 Å². The quantitative estimate of drug-likeness (QED) is 0.435. The summed E-state index contributed by atoms with van der Waals surface area (Å²) in [5, 5.41) is 10.9. The summed E-state index contributed by atoms with van der Waals surface area (Å²) in [5.41, 5.74) is 0.0877. The number of hydrogen-bond donors (Lipinski definition) is 0. The molecule has 1 aromatic carbocycles. The monoisotopic (exact) mass is 284 g/mol. The first-order valence-electron chi connectivity index (χ1n) is 6.20. The molecule has 0 spiro atoms. The topological polar surface area (TPSA) is 72.7 Å². The van der Waals surface area contributed by atoms with E-state index < -0.39 is 16.7 Å². The molecule has 20 heavy (non-hydrogen) atoms. The molecule has 1 rings (SSSR count). The third-order valence-electron chi connectivity index (χ3n) is 2.75. The molecular formula is C13H17FN2O4. The van der Waals surface area contributed by atoms with Crippen molar-refractivity contribution in [3.8, 4) is 0 Å². The Balaban J connectivity index is 2.94. The SMILES string of the molecule is CCCN(CC(=O)OC)Cc1cc(F)ccc1[N+](=O)[O-]. The number of rotatable bonds is 7. The van der Waals surface area contributed by atoms with Gasteiger partial charge >= 0.3 is 5.97 Å². The molecule has 6 nitrogen and oxygen atoms in total. The number of esters is 1. The van der Waals surface area contributed by atoms with Crippen molar-refractivity contribution in [1.82, 2.24) is 4.90 Å². The normalized spacial score (nSPS) is 10.6. The third-order valence-corrected chi connectivity index (χ3v) is 2.75. The van der Waals surface area contributed by atoms with E-state index in [2.05, 4.69) is 4.74 Å². The van der Waals surface area contributed by atoms with Crippen LogP contribution in [-0.4, -0.2) is 36.0 Å². The number of benzene rings is 1. The Bertz CT molecular complexity index is 493. The Morgan fingerprint density at radius 3 is 2.75 bits per heavy atom. The minimum Gasteiger partial charge on any atom is -0.468 e. The third kappa shape index (κ3) is 4.58. The Hall–Kier alpha value is -2.02. The van der Waals surface area contributed by atoms with Gasteiger partial charge in [0.05, 0.1) is 18.6 Å². The van der Waals surface area contributed by atoms with E-state index in [1.54, 1.807) is 4.90 Å². The van der Waals surface area contributed by atoms with Crippen LogP contribution in [0.3, 0.4) is 0 Å². The number of carbonyl (C=O) groups excluding carboxylic acids is 1. The highest BCUT2D eigenvalue weighted by Gasteiger charge is 2.18. The predicted octanol–water partition coefficient (Wildman–Crippen LogP) is 2.12. The second kappa shape index (κ2) is 7.54. The number of carbonyl (C=O) groups is 1. The molecule has 0 atom stereocenters. The fraction of sp³-hybridized carbons (Fsp3) is 0.462. The van der Waals surface area contributed by atoms with E-state index in [0.29, 0.717) is 6.54 Å². The van der Waals surface area contributed by atoms with Crippen LogP contribution in [-0.2, 0) is 16.1 Å². The number of nitro benzene ring substituents is 1. The van der Waals surface area contributed by atoms with Crippen LogP contribution < -0.4 is 0 Å². The molecule has 0 saturated carbocycles. The molecule has 7 heteroatoms. The minimum absolute atomic E-state index is 0.0119. The van der Waals surface area contributed by atoms with Crippen molar-refractivity contribution in [2.24, 2.45) is 0 Å². The first-order valence-corrected chi connectivity index (χ1v) is 6.20. The smallest absolute Gasteiger partial charge is 0.319 e. The van der Waals surface area contributed by atoms with Crippen LogP contribution in [0, 0.1) is 15.9 Å². The summed E-state index contributed by atoms with van der Waals surface area (Å²) in [6.45, 7) is 2.61. The number of nitro groups is 1. The van der Waals surface area contributed by atoms with Gasteiger partial charge in [0.1, 0.15) is 5.82 Å². The maximum Gasteiger partial charge on any atom is 0.319 e. The molecule has 0 N–H and O–H groups in total. The van der Waals surface area contributed by atoms with E-state index in [4.69, 9.17) is 0 Å². The molecule has 1 aromatic rings. The molecule has 110 valence electrons. The van der Waals surface area contributed by atoms with Crippen molar-refractivity contribution in [3.05, 3.63) is 39.7 Å². The molecule has 0 aliphatic heterocycles. The van der Waals surface area contributed by atoms with E-state index in [1.165, 1.54) is 7.11 Å². The largest absolute Gasteiger partial charge is 0.468 e. The average molecular weight is 284 g/mol. The highest BCUT2D eigenvalue weighted by molar-refractivity contribution is 5.71. The van der Waals surface area contributed by atoms with Crippen LogP contribution in [0.4, 0.5) is 10.1 Å². The number of methoxy groups -OCH3 is 1. The lowest BCUT2D eigenvalue weighted by molar-refractivity contribution is -0.385. The van der Waals surface area contributed by atoms with Gasteiger partial charge in [0.15, 0.2) is 0 Å². The molecule has 0 bridgehead atoms. The second-order valence-corrected chi connectivity index (χ2v) is 4.32. The fourth-order valence-corrected chi connectivity index (χ4v) is 1.88. The fourth-order valence-electron chi connectivity index (χ4n) is 1.88. The van der Waals surface area contributed by atoms with Crippen molar-refractivity contribution in [1.29, 1.82) is 0 Å². The predicted molar refractivity (Wildman–Crippen MR) is 70.6 cm³/mol. The zero-order valence-corrected chi connectivity index (χ0v) is 11.5. The summed E-state index contributed by atoms with van der Waals surface area (Å²) >= 11 is 0. The Morgan fingerprint density at radius 1 is 1.50 bits per heavy atom. The van der Waals surface area contributed by atoms with Gasteiger partial charge in [-0.05, 0) is 25.1 Å². The van der Waals surface area contributed by atoms with Gasteiger partial charge in [-0.1, -0.05) is 6.92 Å². The summed E-state index contributed by atoms with van der Waals surface area (Å²) in [7, 11) is 1.27. The Kier molecular flexibility index (Phi) is 6.05. The maximum absolute atomic E-state index is 13.2. The van der Waals surface area contributed by atoms with Gasteiger partial charge in [0.25, 0.3) is 5.69 Å². The Morgan fingerprint density at radius 2 is 2.20 bits per heavy atom. The highest BCUT2D eigenvalue weighted by atomic mass is 19.1. The van der Waals surface area contributed by atoms with Gasteiger partial charge in [0.2, 0.25) is 0 Å². The zero-order chi connectivity index (χ0) is 15.1. The van der Waals surface area contributed by atoms with Crippen LogP contribution in [0.2, 0.25) is 0 Å².